The van der Waals surface area contributed by atoms with Crippen molar-refractivity contribution >= 4 is 17.9 Å². The van der Waals surface area contributed by atoms with Crippen molar-refractivity contribution in [2.75, 3.05) is 13.2 Å². The van der Waals surface area contributed by atoms with Crippen LogP contribution in [0.1, 0.15) is 265 Å². The lowest BCUT2D eigenvalue weighted by molar-refractivity contribution is -0.166. The van der Waals surface area contributed by atoms with E-state index in [0.29, 0.717) is 19.3 Å². The number of hydrogen-bond donors (Lipinski definition) is 0. The first kappa shape index (κ1) is 75.8. The van der Waals surface area contributed by atoms with Crippen molar-refractivity contribution in [3.05, 3.63) is 170 Å². The van der Waals surface area contributed by atoms with Crippen LogP contribution in [-0.4, -0.2) is 37.2 Å². The van der Waals surface area contributed by atoms with E-state index < -0.39 is 12.1 Å². The van der Waals surface area contributed by atoms with E-state index in [1.807, 2.05) is 6.08 Å². The quantitative estimate of drug-likeness (QED) is 0.0261. The molecule has 0 aliphatic carbocycles. The molecule has 0 fully saturated rings. The van der Waals surface area contributed by atoms with Gasteiger partial charge in [-0.05, 0) is 128 Å². The summed E-state index contributed by atoms with van der Waals surface area (Å²) in [5.74, 6) is -1.08. The summed E-state index contributed by atoms with van der Waals surface area (Å²) in [5.41, 5.74) is 0. The molecule has 0 aliphatic rings. The fourth-order valence-corrected chi connectivity index (χ4v) is 8.48. The van der Waals surface area contributed by atoms with Gasteiger partial charge in [-0.25, -0.2) is 0 Å². The third kappa shape index (κ3) is 65.5. The molecule has 0 saturated carbocycles. The number of allylic oxidation sites excluding steroid dienone is 27. The smallest absolute Gasteiger partial charge is 0.310 e. The zero-order valence-electron chi connectivity index (χ0n) is 52.0. The lowest BCUT2D eigenvalue weighted by Gasteiger charge is -2.18. The highest BCUT2D eigenvalue weighted by Crippen LogP contribution is 2.15. The monoisotopic (exact) mass is 1110 g/mol. The number of ether oxygens (including phenoxy) is 3. The number of carbonyl (C=O) groups is 3. The average Bonchev–Trinajstić information content (AvgIpc) is 3.47. The molecule has 0 aromatic rings. The summed E-state index contributed by atoms with van der Waals surface area (Å²) >= 11 is 0. The highest BCUT2D eigenvalue weighted by atomic mass is 16.6. The van der Waals surface area contributed by atoms with Gasteiger partial charge < -0.3 is 14.2 Å². The molecular weight excluding hydrogens is 997 g/mol. The second-order valence-electron chi connectivity index (χ2n) is 20.9. The first-order valence-corrected chi connectivity index (χ1v) is 32.6. The second kappa shape index (κ2) is 67.3. The van der Waals surface area contributed by atoms with Crippen molar-refractivity contribution in [3.8, 4) is 0 Å². The lowest BCUT2D eigenvalue weighted by Crippen LogP contribution is -2.30. The van der Waals surface area contributed by atoms with E-state index in [0.717, 1.165) is 141 Å². The van der Waals surface area contributed by atoms with Gasteiger partial charge in [-0.15, -0.1) is 0 Å². The second-order valence-corrected chi connectivity index (χ2v) is 20.9. The Bertz CT molecular complexity index is 1860. The Hall–Kier alpha value is -5.23. The summed E-state index contributed by atoms with van der Waals surface area (Å²) < 4.78 is 16.8. The molecule has 0 heterocycles. The van der Waals surface area contributed by atoms with Crippen molar-refractivity contribution in [1.29, 1.82) is 0 Å². The fourth-order valence-electron chi connectivity index (χ4n) is 8.48. The first-order chi connectivity index (χ1) is 40.0. The molecule has 0 saturated heterocycles. The van der Waals surface area contributed by atoms with Gasteiger partial charge in [0.2, 0.25) is 0 Å². The average molecular weight is 1120 g/mol. The van der Waals surface area contributed by atoms with Gasteiger partial charge in [0.25, 0.3) is 0 Å². The van der Waals surface area contributed by atoms with Crippen LogP contribution in [0.15, 0.2) is 170 Å². The maximum atomic E-state index is 12.8. The fraction of sp³-hybridized carbons (Fsp3) is 0.587. The van der Waals surface area contributed by atoms with Crippen molar-refractivity contribution in [2.45, 2.75) is 271 Å². The summed E-state index contributed by atoms with van der Waals surface area (Å²) in [5, 5.41) is 0. The van der Waals surface area contributed by atoms with Crippen LogP contribution in [0.2, 0.25) is 0 Å². The zero-order chi connectivity index (χ0) is 58.5. The third-order valence-electron chi connectivity index (χ3n) is 13.2. The molecule has 0 N–H and O–H groups in total. The highest BCUT2D eigenvalue weighted by Gasteiger charge is 2.19. The molecule has 0 aromatic heterocycles. The van der Waals surface area contributed by atoms with E-state index in [9.17, 15) is 14.4 Å². The molecule has 1 atom stereocenters. The van der Waals surface area contributed by atoms with Crippen LogP contribution in [0, 0.1) is 0 Å². The van der Waals surface area contributed by atoms with Gasteiger partial charge in [-0.2, -0.15) is 0 Å². The van der Waals surface area contributed by atoms with Crippen LogP contribution in [0.5, 0.6) is 0 Å². The van der Waals surface area contributed by atoms with Crippen molar-refractivity contribution < 1.29 is 28.6 Å². The molecule has 0 rings (SSSR count). The molecule has 0 radical (unpaired) electrons. The molecule has 6 heteroatoms. The molecule has 0 spiro atoms. The van der Waals surface area contributed by atoms with E-state index >= 15 is 0 Å². The molecule has 81 heavy (non-hydrogen) atoms. The highest BCUT2D eigenvalue weighted by molar-refractivity contribution is 5.72. The van der Waals surface area contributed by atoms with Gasteiger partial charge in [0.05, 0.1) is 6.42 Å². The van der Waals surface area contributed by atoms with Gasteiger partial charge in [-0.3, -0.25) is 14.4 Å². The minimum atomic E-state index is -0.848. The Morgan fingerprint density at radius 2 is 0.481 bits per heavy atom. The molecule has 454 valence electrons. The van der Waals surface area contributed by atoms with Crippen molar-refractivity contribution in [1.82, 2.24) is 0 Å². The number of esters is 3. The minimum Gasteiger partial charge on any atom is -0.462 e. The maximum absolute atomic E-state index is 12.8. The number of carbonyl (C=O) groups excluding carboxylic acids is 3. The Balaban J connectivity index is 4.31. The largest absolute Gasteiger partial charge is 0.462 e. The predicted octanol–water partition coefficient (Wildman–Crippen LogP) is 22.7. The van der Waals surface area contributed by atoms with E-state index in [4.69, 9.17) is 14.2 Å². The summed E-state index contributed by atoms with van der Waals surface area (Å²) in [7, 11) is 0. The zero-order valence-corrected chi connectivity index (χ0v) is 52.0. The summed E-state index contributed by atoms with van der Waals surface area (Å²) in [4.78, 5) is 38.2. The van der Waals surface area contributed by atoms with E-state index in [-0.39, 0.29) is 31.6 Å². The molecular formula is C75H118O6. The molecule has 0 amide bonds. The molecule has 1 unspecified atom stereocenters. The topological polar surface area (TPSA) is 78.9 Å². The summed E-state index contributed by atoms with van der Waals surface area (Å²) in [6.07, 6.45) is 99.7. The maximum Gasteiger partial charge on any atom is 0.310 e. The summed E-state index contributed by atoms with van der Waals surface area (Å²) in [6, 6.07) is 0. The van der Waals surface area contributed by atoms with E-state index in [1.165, 1.54) is 77.0 Å². The number of rotatable bonds is 57. The Kier molecular flexibility index (Phi) is 62.9. The normalized spacial score (nSPS) is 13.3. The van der Waals surface area contributed by atoms with E-state index in [2.05, 4.69) is 179 Å². The third-order valence-corrected chi connectivity index (χ3v) is 13.2. The lowest BCUT2D eigenvalue weighted by atomic mass is 10.0. The first-order valence-electron chi connectivity index (χ1n) is 32.6. The van der Waals surface area contributed by atoms with Crippen LogP contribution >= 0.6 is 0 Å². The van der Waals surface area contributed by atoms with Crippen LogP contribution in [0.3, 0.4) is 0 Å². The number of hydrogen-bond acceptors (Lipinski definition) is 6. The Morgan fingerprint density at radius 3 is 0.753 bits per heavy atom. The van der Waals surface area contributed by atoms with Gasteiger partial charge >= 0.3 is 17.9 Å². The Labute approximate surface area is 498 Å². The van der Waals surface area contributed by atoms with Gasteiger partial charge in [0.1, 0.15) is 13.2 Å². The number of unbranched alkanes of at least 4 members (excludes halogenated alkanes) is 19. The van der Waals surface area contributed by atoms with Crippen LogP contribution in [0.4, 0.5) is 0 Å². The summed E-state index contributed by atoms with van der Waals surface area (Å²) in [6.45, 7) is 6.20. The van der Waals surface area contributed by atoms with Crippen LogP contribution in [0.25, 0.3) is 0 Å². The Morgan fingerprint density at radius 1 is 0.259 bits per heavy atom. The molecule has 0 aliphatic heterocycles. The minimum absolute atomic E-state index is 0.0863. The molecule has 0 bridgehead atoms. The van der Waals surface area contributed by atoms with Crippen LogP contribution < -0.4 is 0 Å². The van der Waals surface area contributed by atoms with Crippen molar-refractivity contribution in [2.24, 2.45) is 0 Å². The van der Waals surface area contributed by atoms with Crippen molar-refractivity contribution in [3.63, 3.8) is 0 Å². The van der Waals surface area contributed by atoms with Gasteiger partial charge in [-0.1, -0.05) is 287 Å². The molecule has 0 aromatic carbocycles. The van der Waals surface area contributed by atoms with E-state index in [1.54, 1.807) is 6.08 Å². The predicted molar refractivity (Wildman–Crippen MR) is 352 cm³/mol. The van der Waals surface area contributed by atoms with Gasteiger partial charge in [0, 0.05) is 12.8 Å². The SMILES string of the molecule is CC/C=C\C/C=C\C/C=C\C/C=C\C/C=C\C/C=C\CCCCCCCCCCCCCCCCC(=O)OCC(COC(=O)CCCCCCC/C=C\C/C=C\C/C=C\CC)OC(=O)C/C=C\C/C=C\C/C=C\C/C=C\C/C=C\CC. The molecule has 6 nitrogen and oxygen atoms in total. The van der Waals surface area contributed by atoms with Gasteiger partial charge in [0.15, 0.2) is 6.10 Å². The van der Waals surface area contributed by atoms with Crippen LogP contribution in [-0.2, 0) is 28.6 Å². The standard InChI is InChI=1S/C75H118O6/c1-4-7-10-13-16-19-22-25-28-29-30-31-32-33-34-35-36-37-38-39-40-41-42-43-44-45-48-50-53-56-59-62-65-68-74(77)80-71-72(81-75(78)69-66-63-60-57-54-51-47-27-24-21-18-15-12-9-6-3)70-79-73(76)67-64-61-58-55-52-49-46-26-23-20-17-14-11-8-5-2/h7-12,16-21,25-28,30-31,33-34,36-37,46-47,54,57,63,66,72H,4-6,13-15,22-24,29,32,35,38-45,48-53,55-56,58-62,64-65,67-71H2,1-3H3/b10-7-,11-8-,12-9-,19-16-,20-17-,21-18-,28-25-,31-30-,34-33-,37-36-,46-26-,47-27-,57-54-,66-63-.